The molecule has 1 unspecified atom stereocenters. The fourth-order valence-electron chi connectivity index (χ4n) is 2.02. The van der Waals surface area contributed by atoms with Crippen LogP contribution in [-0.4, -0.2) is 12.2 Å². The first-order valence-electron chi connectivity index (χ1n) is 5.96. The number of aromatic hydroxyl groups is 1. The van der Waals surface area contributed by atoms with Crippen molar-refractivity contribution >= 4 is 5.69 Å². The van der Waals surface area contributed by atoms with Crippen molar-refractivity contribution < 1.29 is 13.9 Å². The molecule has 2 nitrogen and oxygen atoms in total. The summed E-state index contributed by atoms with van der Waals surface area (Å²) in [6, 6.07) is 9.74. The molecule has 100 valence electrons. The van der Waals surface area contributed by atoms with Crippen LogP contribution >= 0.6 is 0 Å². The molecule has 0 saturated heterocycles. The van der Waals surface area contributed by atoms with Crippen LogP contribution in [0, 0.1) is 11.6 Å². The molecule has 2 aromatic rings. The van der Waals surface area contributed by atoms with Gasteiger partial charge in [0.25, 0.3) is 0 Å². The van der Waals surface area contributed by atoms with E-state index in [0.29, 0.717) is 11.3 Å². The monoisotopic (exact) mass is 263 g/mol. The SMILES string of the molecule is CC(c1cc(F)ccc1O)N(C)c1ccccc1F. The standard InChI is InChI=1S/C15H15F2NO/c1-10(12-9-11(16)7-8-15(12)19)18(2)14-6-4-3-5-13(14)17/h3-10,19H,1-2H3. The zero-order valence-corrected chi connectivity index (χ0v) is 10.8. The normalized spacial score (nSPS) is 12.2. The van der Waals surface area contributed by atoms with Gasteiger partial charge in [-0.3, -0.25) is 0 Å². The smallest absolute Gasteiger partial charge is 0.146 e. The van der Waals surface area contributed by atoms with Crippen LogP contribution in [-0.2, 0) is 0 Å². The van der Waals surface area contributed by atoms with Gasteiger partial charge in [0.05, 0.1) is 11.7 Å². The number of nitrogens with zero attached hydrogens (tertiary/aromatic N) is 1. The van der Waals surface area contributed by atoms with Crippen LogP contribution in [0.5, 0.6) is 5.75 Å². The van der Waals surface area contributed by atoms with E-state index in [4.69, 9.17) is 0 Å². The predicted molar refractivity (Wildman–Crippen MR) is 71.3 cm³/mol. The fraction of sp³-hybridized carbons (Fsp3) is 0.200. The van der Waals surface area contributed by atoms with Gasteiger partial charge in [0.1, 0.15) is 17.4 Å². The maximum Gasteiger partial charge on any atom is 0.146 e. The molecule has 0 aliphatic carbocycles. The van der Waals surface area contributed by atoms with Crippen LogP contribution in [0.3, 0.4) is 0 Å². The lowest BCUT2D eigenvalue weighted by Crippen LogP contribution is -2.22. The Labute approximate surface area is 110 Å². The Hall–Kier alpha value is -2.10. The molecule has 0 aromatic heterocycles. The minimum atomic E-state index is -0.429. The number of halogens is 2. The number of rotatable bonds is 3. The second-order valence-corrected chi connectivity index (χ2v) is 4.44. The first-order chi connectivity index (χ1) is 9.00. The highest BCUT2D eigenvalue weighted by molar-refractivity contribution is 5.50. The third-order valence-electron chi connectivity index (χ3n) is 3.25. The van der Waals surface area contributed by atoms with Crippen LogP contribution in [0.4, 0.5) is 14.5 Å². The average molecular weight is 263 g/mol. The van der Waals surface area contributed by atoms with Gasteiger partial charge < -0.3 is 10.0 Å². The van der Waals surface area contributed by atoms with Crippen LogP contribution < -0.4 is 4.90 Å². The van der Waals surface area contributed by atoms with Crippen molar-refractivity contribution in [3.05, 3.63) is 59.7 Å². The lowest BCUT2D eigenvalue weighted by molar-refractivity contribution is 0.459. The van der Waals surface area contributed by atoms with Crippen molar-refractivity contribution in [2.24, 2.45) is 0 Å². The summed E-state index contributed by atoms with van der Waals surface area (Å²) in [7, 11) is 1.70. The minimum absolute atomic E-state index is 0.00270. The van der Waals surface area contributed by atoms with Gasteiger partial charge in [-0.15, -0.1) is 0 Å². The highest BCUT2D eigenvalue weighted by Gasteiger charge is 2.18. The lowest BCUT2D eigenvalue weighted by atomic mass is 10.1. The van der Waals surface area contributed by atoms with Gasteiger partial charge in [0, 0.05) is 12.6 Å². The van der Waals surface area contributed by atoms with Gasteiger partial charge >= 0.3 is 0 Å². The molecule has 0 aliphatic heterocycles. The van der Waals surface area contributed by atoms with Crippen molar-refractivity contribution in [2.75, 3.05) is 11.9 Å². The Kier molecular flexibility index (Phi) is 3.69. The molecule has 0 fully saturated rings. The summed E-state index contributed by atoms with van der Waals surface area (Å²) < 4.78 is 27.0. The maximum absolute atomic E-state index is 13.7. The lowest BCUT2D eigenvalue weighted by Gasteiger charge is -2.28. The molecule has 2 aromatic carbocycles. The van der Waals surface area contributed by atoms with E-state index < -0.39 is 5.82 Å². The molecule has 0 bridgehead atoms. The van der Waals surface area contributed by atoms with Crippen molar-refractivity contribution in [1.29, 1.82) is 0 Å². The summed E-state index contributed by atoms with van der Waals surface area (Å²) in [6.07, 6.45) is 0. The molecule has 19 heavy (non-hydrogen) atoms. The van der Waals surface area contributed by atoms with Crippen molar-refractivity contribution in [2.45, 2.75) is 13.0 Å². The maximum atomic E-state index is 13.7. The Morgan fingerprint density at radius 3 is 2.47 bits per heavy atom. The summed E-state index contributed by atoms with van der Waals surface area (Å²) in [6.45, 7) is 1.78. The van der Waals surface area contributed by atoms with Gasteiger partial charge in [0.15, 0.2) is 0 Å². The summed E-state index contributed by atoms with van der Waals surface area (Å²) in [4.78, 5) is 1.66. The molecule has 0 heterocycles. The number of para-hydroxylation sites is 1. The Morgan fingerprint density at radius 1 is 1.11 bits per heavy atom. The van der Waals surface area contributed by atoms with E-state index in [1.165, 1.54) is 24.3 Å². The third-order valence-corrected chi connectivity index (χ3v) is 3.25. The number of phenols is 1. The number of hydrogen-bond acceptors (Lipinski definition) is 2. The van der Waals surface area contributed by atoms with E-state index in [1.807, 2.05) is 0 Å². The number of phenolic OH excluding ortho intramolecular Hbond substituents is 1. The van der Waals surface area contributed by atoms with E-state index in [0.717, 1.165) is 0 Å². The number of hydrogen-bond donors (Lipinski definition) is 1. The molecule has 4 heteroatoms. The molecule has 1 atom stereocenters. The predicted octanol–water partition coefficient (Wildman–Crippen LogP) is 3.87. The summed E-state index contributed by atoms with van der Waals surface area (Å²) in [5, 5.41) is 9.78. The first-order valence-corrected chi connectivity index (χ1v) is 5.96. The molecule has 0 aliphatic rings. The number of anilines is 1. The molecule has 0 amide bonds. The average Bonchev–Trinajstić information content (AvgIpc) is 2.40. The largest absolute Gasteiger partial charge is 0.508 e. The molecule has 0 spiro atoms. The number of benzene rings is 2. The Morgan fingerprint density at radius 2 is 1.79 bits per heavy atom. The van der Waals surface area contributed by atoms with Crippen LogP contribution in [0.15, 0.2) is 42.5 Å². The second-order valence-electron chi connectivity index (χ2n) is 4.44. The minimum Gasteiger partial charge on any atom is -0.508 e. The highest BCUT2D eigenvalue weighted by Crippen LogP contribution is 2.32. The van der Waals surface area contributed by atoms with Gasteiger partial charge in [-0.2, -0.15) is 0 Å². The fourth-order valence-corrected chi connectivity index (χ4v) is 2.02. The highest BCUT2D eigenvalue weighted by atomic mass is 19.1. The van der Waals surface area contributed by atoms with E-state index >= 15 is 0 Å². The second kappa shape index (κ2) is 5.26. The molecular weight excluding hydrogens is 248 g/mol. The molecule has 0 radical (unpaired) electrons. The zero-order chi connectivity index (χ0) is 14.0. The molecule has 0 saturated carbocycles. The molecular formula is C15H15F2NO. The van der Waals surface area contributed by atoms with E-state index in [2.05, 4.69) is 0 Å². The molecule has 1 N–H and O–H groups in total. The first kappa shape index (κ1) is 13.3. The Balaban J connectivity index is 2.36. The Bertz CT molecular complexity index is 586. The van der Waals surface area contributed by atoms with Crippen molar-refractivity contribution in [1.82, 2.24) is 0 Å². The van der Waals surface area contributed by atoms with Gasteiger partial charge in [-0.05, 0) is 37.3 Å². The quantitative estimate of drug-likeness (QED) is 0.908. The summed E-state index contributed by atoms with van der Waals surface area (Å²) in [5.41, 5.74) is 0.824. The van der Waals surface area contributed by atoms with E-state index in [9.17, 15) is 13.9 Å². The van der Waals surface area contributed by atoms with Crippen molar-refractivity contribution in [3.63, 3.8) is 0 Å². The van der Waals surface area contributed by atoms with Gasteiger partial charge in [0.2, 0.25) is 0 Å². The van der Waals surface area contributed by atoms with E-state index in [-0.39, 0.29) is 17.6 Å². The van der Waals surface area contributed by atoms with Gasteiger partial charge in [-0.1, -0.05) is 12.1 Å². The van der Waals surface area contributed by atoms with Crippen LogP contribution in [0.25, 0.3) is 0 Å². The summed E-state index contributed by atoms with van der Waals surface area (Å²) in [5.74, 6) is -0.786. The summed E-state index contributed by atoms with van der Waals surface area (Å²) >= 11 is 0. The zero-order valence-electron chi connectivity index (χ0n) is 10.8. The van der Waals surface area contributed by atoms with E-state index in [1.54, 1.807) is 37.1 Å². The van der Waals surface area contributed by atoms with Crippen molar-refractivity contribution in [3.8, 4) is 5.75 Å². The van der Waals surface area contributed by atoms with Crippen LogP contribution in [0.2, 0.25) is 0 Å². The van der Waals surface area contributed by atoms with Crippen LogP contribution in [0.1, 0.15) is 18.5 Å². The molecule has 2 rings (SSSR count). The van der Waals surface area contributed by atoms with Gasteiger partial charge in [-0.25, -0.2) is 8.78 Å². The topological polar surface area (TPSA) is 23.5 Å². The third kappa shape index (κ3) is 2.67.